The molecular weight excluding hydrogens is 420 g/mol. The van der Waals surface area contributed by atoms with E-state index in [1.54, 1.807) is 6.20 Å². The average molecular weight is 453 g/mol. The zero-order valence-electron chi connectivity index (χ0n) is 19.7. The van der Waals surface area contributed by atoms with E-state index in [1.807, 2.05) is 0 Å². The summed E-state index contributed by atoms with van der Waals surface area (Å²) in [4.78, 5) is 0.845. The van der Waals surface area contributed by atoms with Gasteiger partial charge in [0.2, 0.25) is 0 Å². The number of rotatable bonds is 5. The van der Waals surface area contributed by atoms with Crippen molar-refractivity contribution in [1.82, 2.24) is 5.32 Å². The van der Waals surface area contributed by atoms with Gasteiger partial charge in [0.25, 0.3) is 0 Å². The second kappa shape index (κ2) is 9.04. The molecular formula is C30H32N2S. The molecule has 0 aromatic heterocycles. The molecule has 0 spiro atoms. The highest BCUT2D eigenvalue weighted by Gasteiger charge is 2.49. The standard InChI is InChI=1S/C30H32N2S/c1-6-9-23(33)17-25-27(32-15-14-31)16-22-11-8-13-26(30(5)18-20(30)3)29(22)21(4)24-12-7-10-19(2)28(24)25/h1,7-8,10-15,17,20,32-33H,4,9,16,18,31H2,2-3,5H3/b15-14-,23-17+,27-25-. The first-order valence-corrected chi connectivity index (χ1v) is 11.9. The minimum absolute atomic E-state index is 0.194. The summed E-state index contributed by atoms with van der Waals surface area (Å²) in [6, 6.07) is 13.1. The molecule has 4 rings (SSSR count). The topological polar surface area (TPSA) is 38.0 Å². The Hall–Kier alpha value is -3.09. The summed E-state index contributed by atoms with van der Waals surface area (Å²) in [6.45, 7) is 11.5. The van der Waals surface area contributed by atoms with Crippen LogP contribution in [0.25, 0.3) is 11.1 Å². The molecule has 1 fully saturated rings. The normalized spacial score (nSPS) is 24.5. The van der Waals surface area contributed by atoms with Gasteiger partial charge in [-0.2, -0.15) is 0 Å². The van der Waals surface area contributed by atoms with Crippen LogP contribution >= 0.6 is 12.6 Å². The fourth-order valence-corrected chi connectivity index (χ4v) is 5.36. The van der Waals surface area contributed by atoms with Gasteiger partial charge in [-0.25, -0.2) is 0 Å². The number of terminal acetylenes is 1. The van der Waals surface area contributed by atoms with Crippen LogP contribution in [0.2, 0.25) is 0 Å². The molecule has 2 nitrogen and oxygen atoms in total. The summed E-state index contributed by atoms with van der Waals surface area (Å²) in [7, 11) is 0. The maximum atomic E-state index is 5.72. The third-order valence-electron chi connectivity index (χ3n) is 7.23. The lowest BCUT2D eigenvalue weighted by molar-refractivity contribution is 0.698. The van der Waals surface area contributed by atoms with Gasteiger partial charge >= 0.3 is 0 Å². The molecule has 2 unspecified atom stereocenters. The van der Waals surface area contributed by atoms with Crippen LogP contribution in [0.3, 0.4) is 0 Å². The molecule has 3 N–H and O–H groups in total. The Morgan fingerprint density at radius 2 is 2.03 bits per heavy atom. The maximum absolute atomic E-state index is 5.72. The Morgan fingerprint density at radius 1 is 1.30 bits per heavy atom. The molecule has 2 aromatic carbocycles. The largest absolute Gasteiger partial charge is 0.403 e. The van der Waals surface area contributed by atoms with Crippen molar-refractivity contribution >= 4 is 23.8 Å². The summed E-state index contributed by atoms with van der Waals surface area (Å²) in [5, 5.41) is 3.46. The molecule has 2 aliphatic rings. The minimum Gasteiger partial charge on any atom is -0.403 e. The summed E-state index contributed by atoms with van der Waals surface area (Å²) >= 11 is 4.68. The monoisotopic (exact) mass is 452 g/mol. The Bertz CT molecular complexity index is 1250. The SMILES string of the molecule is C#CC/C(S)=C\C1=C(\N/C=C\N)Cc2cccc(C3(C)CC3C)c2C(=C)c2cccc(C)c21. The van der Waals surface area contributed by atoms with E-state index in [-0.39, 0.29) is 5.41 Å². The van der Waals surface area contributed by atoms with Gasteiger partial charge in [-0.3, -0.25) is 0 Å². The number of nitrogens with one attached hydrogen (secondary N) is 1. The highest BCUT2D eigenvalue weighted by Crippen LogP contribution is 2.56. The molecule has 0 radical (unpaired) electrons. The summed E-state index contributed by atoms with van der Waals surface area (Å²) < 4.78 is 0. The van der Waals surface area contributed by atoms with Crippen molar-refractivity contribution < 1.29 is 0 Å². The molecule has 0 aliphatic heterocycles. The molecule has 1 saturated carbocycles. The summed E-state index contributed by atoms with van der Waals surface area (Å²) in [5.74, 6) is 3.37. The van der Waals surface area contributed by atoms with E-state index in [0.29, 0.717) is 12.3 Å². The predicted molar refractivity (Wildman–Crippen MR) is 144 cm³/mol. The van der Waals surface area contributed by atoms with Crippen LogP contribution in [0.1, 0.15) is 60.1 Å². The number of fused-ring (bicyclic) bond motifs is 2. The number of thiol groups is 1. The predicted octanol–water partition coefficient (Wildman–Crippen LogP) is 6.48. The first-order valence-electron chi connectivity index (χ1n) is 11.4. The first kappa shape index (κ1) is 23.1. The van der Waals surface area contributed by atoms with E-state index in [0.717, 1.165) is 39.3 Å². The second-order valence-electron chi connectivity index (χ2n) is 9.43. The van der Waals surface area contributed by atoms with Crippen molar-refractivity contribution in [3.05, 3.63) is 105 Å². The maximum Gasteiger partial charge on any atom is 0.0395 e. The highest BCUT2D eigenvalue weighted by molar-refractivity contribution is 7.84. The highest BCUT2D eigenvalue weighted by atomic mass is 32.1. The molecule has 168 valence electrons. The molecule has 2 aliphatic carbocycles. The fourth-order valence-electron chi connectivity index (χ4n) is 5.14. The number of aryl methyl sites for hydroxylation is 1. The van der Waals surface area contributed by atoms with Gasteiger partial charge in [-0.05, 0) is 74.6 Å². The van der Waals surface area contributed by atoms with Crippen molar-refractivity contribution in [2.75, 3.05) is 0 Å². The van der Waals surface area contributed by atoms with Crippen LogP contribution in [-0.2, 0) is 11.8 Å². The van der Waals surface area contributed by atoms with Crippen molar-refractivity contribution in [3.8, 4) is 12.3 Å². The molecule has 2 aromatic rings. The van der Waals surface area contributed by atoms with Crippen molar-refractivity contribution in [1.29, 1.82) is 0 Å². The van der Waals surface area contributed by atoms with Gasteiger partial charge in [0.05, 0.1) is 0 Å². The Labute approximate surface area is 203 Å². The van der Waals surface area contributed by atoms with Crippen LogP contribution in [0.15, 0.2) is 72.1 Å². The fraction of sp³-hybridized carbons (Fsp3) is 0.267. The van der Waals surface area contributed by atoms with Gasteiger partial charge in [-0.1, -0.05) is 56.8 Å². The van der Waals surface area contributed by atoms with Crippen LogP contribution in [0.5, 0.6) is 0 Å². The van der Waals surface area contributed by atoms with Crippen LogP contribution < -0.4 is 11.1 Å². The van der Waals surface area contributed by atoms with E-state index < -0.39 is 0 Å². The lowest BCUT2D eigenvalue weighted by atomic mass is 9.77. The lowest BCUT2D eigenvalue weighted by Crippen LogP contribution is -2.18. The van der Waals surface area contributed by atoms with Crippen LogP contribution in [-0.4, -0.2) is 0 Å². The molecule has 2 atom stereocenters. The number of hydrogen-bond donors (Lipinski definition) is 3. The number of nitrogens with two attached hydrogens (primary N) is 1. The Kier molecular flexibility index (Phi) is 6.32. The van der Waals surface area contributed by atoms with Crippen molar-refractivity contribution in [3.63, 3.8) is 0 Å². The second-order valence-corrected chi connectivity index (χ2v) is 10.0. The lowest BCUT2D eigenvalue weighted by Gasteiger charge is -2.28. The Morgan fingerprint density at radius 3 is 2.70 bits per heavy atom. The molecule has 0 amide bonds. The summed E-state index contributed by atoms with van der Waals surface area (Å²) in [5.41, 5.74) is 16.6. The average Bonchev–Trinajstić information content (AvgIpc) is 3.41. The zero-order valence-corrected chi connectivity index (χ0v) is 20.6. The van der Waals surface area contributed by atoms with Crippen LogP contribution in [0, 0.1) is 25.2 Å². The Balaban J connectivity index is 2.06. The molecule has 3 heteroatoms. The van der Waals surface area contributed by atoms with E-state index >= 15 is 0 Å². The third-order valence-corrected chi connectivity index (χ3v) is 7.52. The number of hydrogen-bond acceptors (Lipinski definition) is 3. The van der Waals surface area contributed by atoms with Gasteiger partial charge in [0.15, 0.2) is 0 Å². The molecule has 0 bridgehead atoms. The summed E-state index contributed by atoms with van der Waals surface area (Å²) in [6.07, 6.45) is 13.4. The van der Waals surface area contributed by atoms with E-state index in [2.05, 4.69) is 93.7 Å². The van der Waals surface area contributed by atoms with Gasteiger partial charge < -0.3 is 11.1 Å². The molecule has 0 saturated heterocycles. The van der Waals surface area contributed by atoms with Gasteiger partial charge in [-0.15, -0.1) is 25.0 Å². The molecule has 0 heterocycles. The van der Waals surface area contributed by atoms with E-state index in [4.69, 9.17) is 12.2 Å². The van der Waals surface area contributed by atoms with E-state index in [9.17, 15) is 0 Å². The molecule has 33 heavy (non-hydrogen) atoms. The van der Waals surface area contributed by atoms with Crippen LogP contribution in [0.4, 0.5) is 0 Å². The number of allylic oxidation sites excluding steroid dienone is 4. The third kappa shape index (κ3) is 4.16. The first-order chi connectivity index (χ1) is 15.8. The number of benzene rings is 2. The van der Waals surface area contributed by atoms with Crippen molar-refractivity contribution in [2.45, 2.75) is 45.4 Å². The smallest absolute Gasteiger partial charge is 0.0395 e. The quantitative estimate of drug-likeness (QED) is 0.359. The zero-order chi connectivity index (χ0) is 23.8. The van der Waals surface area contributed by atoms with Gasteiger partial charge in [0.1, 0.15) is 0 Å². The van der Waals surface area contributed by atoms with E-state index in [1.165, 1.54) is 34.9 Å². The van der Waals surface area contributed by atoms with Crippen molar-refractivity contribution in [2.24, 2.45) is 11.7 Å². The minimum atomic E-state index is 0.194. The van der Waals surface area contributed by atoms with Gasteiger partial charge in [0, 0.05) is 36.5 Å².